The Morgan fingerprint density at radius 2 is 2.20 bits per heavy atom. The first kappa shape index (κ1) is 15.0. The Morgan fingerprint density at radius 3 is 2.80 bits per heavy atom. The topological polar surface area (TPSA) is 45.1 Å². The van der Waals surface area contributed by atoms with Crippen molar-refractivity contribution >= 4 is 11.3 Å². The number of aliphatic hydroxyl groups is 1. The van der Waals surface area contributed by atoms with Gasteiger partial charge in [-0.1, -0.05) is 13.0 Å². The molecule has 0 radical (unpaired) electrons. The molecule has 0 saturated carbocycles. The van der Waals surface area contributed by atoms with E-state index in [1.54, 1.807) is 6.20 Å². The van der Waals surface area contributed by atoms with Crippen molar-refractivity contribution in [3.8, 4) is 0 Å². The number of hydrogen-bond acceptors (Lipinski definition) is 4. The van der Waals surface area contributed by atoms with E-state index in [2.05, 4.69) is 10.3 Å². The zero-order valence-electron chi connectivity index (χ0n) is 11.0. The van der Waals surface area contributed by atoms with Gasteiger partial charge in [0.05, 0.1) is 12.1 Å². The number of hydrogen-bond donors (Lipinski definition) is 2. The highest BCUT2D eigenvalue weighted by Crippen LogP contribution is 2.21. The quantitative estimate of drug-likeness (QED) is 0.861. The second-order valence-corrected chi connectivity index (χ2v) is 5.35. The first-order chi connectivity index (χ1) is 9.61. The van der Waals surface area contributed by atoms with Gasteiger partial charge in [-0.25, -0.2) is 13.8 Å². The SMILES string of the molecule is CCC(NCC(O)c1ccc(F)cc1F)c1nccs1. The van der Waals surface area contributed by atoms with E-state index < -0.39 is 17.7 Å². The number of aromatic nitrogens is 1. The maximum atomic E-state index is 13.5. The van der Waals surface area contributed by atoms with Gasteiger partial charge in [-0.05, 0) is 12.5 Å². The van der Waals surface area contributed by atoms with Gasteiger partial charge >= 0.3 is 0 Å². The molecule has 2 atom stereocenters. The normalized spacial score (nSPS) is 14.2. The van der Waals surface area contributed by atoms with Crippen LogP contribution < -0.4 is 5.32 Å². The minimum absolute atomic E-state index is 0.0214. The Bertz CT molecular complexity index is 548. The van der Waals surface area contributed by atoms with Crippen LogP contribution in [0.3, 0.4) is 0 Å². The summed E-state index contributed by atoms with van der Waals surface area (Å²) in [5.74, 6) is -1.39. The third kappa shape index (κ3) is 3.59. The van der Waals surface area contributed by atoms with Crippen molar-refractivity contribution in [2.24, 2.45) is 0 Å². The Kier molecular flexibility index (Phi) is 5.17. The fraction of sp³-hybridized carbons (Fsp3) is 0.357. The summed E-state index contributed by atoms with van der Waals surface area (Å²) in [6.45, 7) is 2.19. The highest BCUT2D eigenvalue weighted by molar-refractivity contribution is 7.09. The second-order valence-electron chi connectivity index (χ2n) is 4.42. The minimum Gasteiger partial charge on any atom is -0.387 e. The van der Waals surface area contributed by atoms with Crippen molar-refractivity contribution < 1.29 is 13.9 Å². The summed E-state index contributed by atoms with van der Waals surface area (Å²) in [5.41, 5.74) is 0.0906. The second kappa shape index (κ2) is 6.88. The van der Waals surface area contributed by atoms with Gasteiger partial charge in [-0.3, -0.25) is 0 Å². The molecule has 20 heavy (non-hydrogen) atoms. The van der Waals surface area contributed by atoms with Crippen molar-refractivity contribution in [3.05, 3.63) is 52.0 Å². The fourth-order valence-corrected chi connectivity index (χ4v) is 2.75. The molecule has 1 aromatic carbocycles. The van der Waals surface area contributed by atoms with E-state index in [0.29, 0.717) is 0 Å². The first-order valence-electron chi connectivity index (χ1n) is 6.37. The molecular formula is C14H16F2N2OS. The van der Waals surface area contributed by atoms with Crippen LogP contribution in [0.25, 0.3) is 0 Å². The molecule has 2 unspecified atom stereocenters. The Labute approximate surface area is 120 Å². The van der Waals surface area contributed by atoms with E-state index in [-0.39, 0.29) is 18.2 Å². The molecule has 0 bridgehead atoms. The van der Waals surface area contributed by atoms with E-state index in [0.717, 1.165) is 23.6 Å². The zero-order valence-corrected chi connectivity index (χ0v) is 11.8. The van der Waals surface area contributed by atoms with Gasteiger partial charge in [0.15, 0.2) is 0 Å². The Balaban J connectivity index is 1.99. The van der Waals surface area contributed by atoms with E-state index in [1.165, 1.54) is 17.4 Å². The number of rotatable bonds is 6. The molecule has 0 aliphatic carbocycles. The standard InChI is InChI=1S/C14H16F2N2OS/c1-2-12(14-17-5-6-20-14)18-8-13(19)10-4-3-9(15)7-11(10)16/h3-7,12-13,18-19H,2,8H2,1H3. The van der Waals surface area contributed by atoms with Crippen molar-refractivity contribution in [1.29, 1.82) is 0 Å². The van der Waals surface area contributed by atoms with Crippen LogP contribution in [0.4, 0.5) is 8.78 Å². The minimum atomic E-state index is -1.02. The van der Waals surface area contributed by atoms with Gasteiger partial charge in [-0.15, -0.1) is 11.3 Å². The smallest absolute Gasteiger partial charge is 0.131 e. The lowest BCUT2D eigenvalue weighted by Gasteiger charge is -2.18. The van der Waals surface area contributed by atoms with Crippen molar-refractivity contribution in [1.82, 2.24) is 10.3 Å². The fourth-order valence-electron chi connectivity index (χ4n) is 1.95. The zero-order chi connectivity index (χ0) is 14.5. The van der Waals surface area contributed by atoms with Crippen molar-refractivity contribution in [2.75, 3.05) is 6.54 Å². The van der Waals surface area contributed by atoms with Crippen LogP contribution in [0.5, 0.6) is 0 Å². The van der Waals surface area contributed by atoms with Crippen molar-refractivity contribution in [3.63, 3.8) is 0 Å². The molecule has 108 valence electrons. The van der Waals surface area contributed by atoms with E-state index in [4.69, 9.17) is 0 Å². The lowest BCUT2D eigenvalue weighted by atomic mass is 10.1. The van der Waals surface area contributed by atoms with Crippen LogP contribution in [0.1, 0.15) is 36.1 Å². The van der Waals surface area contributed by atoms with Gasteiger partial charge in [0, 0.05) is 29.8 Å². The molecule has 0 saturated heterocycles. The number of nitrogens with one attached hydrogen (secondary N) is 1. The summed E-state index contributed by atoms with van der Waals surface area (Å²) in [7, 11) is 0. The molecular weight excluding hydrogens is 282 g/mol. The summed E-state index contributed by atoms with van der Waals surface area (Å²) in [4.78, 5) is 4.22. The van der Waals surface area contributed by atoms with Gasteiger partial charge in [-0.2, -0.15) is 0 Å². The first-order valence-corrected chi connectivity index (χ1v) is 7.25. The summed E-state index contributed by atoms with van der Waals surface area (Å²) in [6, 6.07) is 3.20. The molecule has 0 spiro atoms. The van der Waals surface area contributed by atoms with Crippen LogP contribution in [0.2, 0.25) is 0 Å². The predicted octanol–water partition coefficient (Wildman–Crippen LogP) is 3.20. The van der Waals surface area contributed by atoms with Gasteiger partial charge in [0.25, 0.3) is 0 Å². The summed E-state index contributed by atoms with van der Waals surface area (Å²) >= 11 is 1.53. The lowest BCUT2D eigenvalue weighted by molar-refractivity contribution is 0.164. The molecule has 2 aromatic rings. The molecule has 0 aliphatic heterocycles. The number of nitrogens with zero attached hydrogens (tertiary/aromatic N) is 1. The largest absolute Gasteiger partial charge is 0.387 e. The van der Waals surface area contributed by atoms with Crippen LogP contribution in [-0.2, 0) is 0 Å². The molecule has 1 heterocycles. The van der Waals surface area contributed by atoms with E-state index in [9.17, 15) is 13.9 Å². The average molecular weight is 298 g/mol. The van der Waals surface area contributed by atoms with Crippen LogP contribution in [-0.4, -0.2) is 16.6 Å². The monoisotopic (exact) mass is 298 g/mol. The van der Waals surface area contributed by atoms with E-state index in [1.807, 2.05) is 12.3 Å². The summed E-state index contributed by atoms with van der Waals surface area (Å²) in [5, 5.41) is 16.0. The molecule has 0 fully saturated rings. The van der Waals surface area contributed by atoms with Crippen LogP contribution >= 0.6 is 11.3 Å². The molecule has 2 rings (SSSR count). The molecule has 2 N–H and O–H groups in total. The van der Waals surface area contributed by atoms with Gasteiger partial charge in [0.1, 0.15) is 16.6 Å². The Morgan fingerprint density at radius 1 is 1.40 bits per heavy atom. The molecule has 0 amide bonds. The van der Waals surface area contributed by atoms with E-state index >= 15 is 0 Å². The van der Waals surface area contributed by atoms with Crippen molar-refractivity contribution in [2.45, 2.75) is 25.5 Å². The predicted molar refractivity (Wildman–Crippen MR) is 74.5 cm³/mol. The number of halogens is 2. The highest BCUT2D eigenvalue weighted by atomic mass is 32.1. The molecule has 0 aliphatic rings. The number of thiazole rings is 1. The molecule has 6 heteroatoms. The Hall–Kier alpha value is -1.37. The van der Waals surface area contributed by atoms with Gasteiger partial charge < -0.3 is 10.4 Å². The summed E-state index contributed by atoms with van der Waals surface area (Å²) in [6.07, 6.45) is 1.51. The van der Waals surface area contributed by atoms with Crippen LogP contribution in [0, 0.1) is 11.6 Å². The van der Waals surface area contributed by atoms with Gasteiger partial charge in [0.2, 0.25) is 0 Å². The number of aliphatic hydroxyl groups excluding tert-OH is 1. The highest BCUT2D eigenvalue weighted by Gasteiger charge is 2.17. The lowest BCUT2D eigenvalue weighted by Crippen LogP contribution is -2.26. The average Bonchev–Trinajstić information content (AvgIpc) is 2.93. The third-order valence-corrected chi connectivity index (χ3v) is 3.93. The van der Waals surface area contributed by atoms with Crippen LogP contribution in [0.15, 0.2) is 29.8 Å². The number of benzene rings is 1. The third-order valence-electron chi connectivity index (χ3n) is 3.04. The summed E-state index contributed by atoms with van der Waals surface area (Å²) < 4.78 is 26.4. The molecule has 1 aromatic heterocycles. The maximum absolute atomic E-state index is 13.5. The maximum Gasteiger partial charge on any atom is 0.131 e. The molecule has 3 nitrogen and oxygen atoms in total.